The van der Waals surface area contributed by atoms with Crippen LogP contribution in [0.2, 0.25) is 0 Å². The number of ether oxygens (including phenoxy) is 3. The monoisotopic (exact) mass is 249 g/mol. The average Bonchev–Trinajstić information content (AvgIpc) is 2.69. The highest BCUT2D eigenvalue weighted by Gasteiger charge is 2.37. The first-order valence-electron chi connectivity index (χ1n) is 5.77. The minimum absolute atomic E-state index is 0.0757. The van der Waals surface area contributed by atoms with E-state index in [9.17, 15) is 5.11 Å². The molecule has 0 saturated heterocycles. The summed E-state index contributed by atoms with van der Waals surface area (Å²) in [6.45, 7) is 2.34. The van der Waals surface area contributed by atoms with Gasteiger partial charge in [-0.2, -0.15) is 5.26 Å². The van der Waals surface area contributed by atoms with Gasteiger partial charge in [-0.05, 0) is 6.92 Å². The van der Waals surface area contributed by atoms with Crippen molar-refractivity contribution >= 4 is 0 Å². The van der Waals surface area contributed by atoms with Crippen LogP contribution >= 0.6 is 0 Å². The number of aromatic hydroxyl groups is 1. The predicted molar refractivity (Wildman–Crippen MR) is 63.7 cm³/mol. The molecule has 0 aliphatic carbocycles. The lowest BCUT2D eigenvalue weighted by Gasteiger charge is -2.16. The van der Waals surface area contributed by atoms with Crippen molar-refractivity contribution in [2.45, 2.75) is 25.6 Å². The Morgan fingerprint density at radius 2 is 2.28 bits per heavy atom. The van der Waals surface area contributed by atoms with E-state index >= 15 is 0 Å². The van der Waals surface area contributed by atoms with Crippen LogP contribution in [-0.4, -0.2) is 25.1 Å². The van der Waals surface area contributed by atoms with Crippen LogP contribution in [0, 0.1) is 11.3 Å². The maximum absolute atomic E-state index is 10.0. The zero-order valence-corrected chi connectivity index (χ0v) is 10.3. The molecule has 5 heteroatoms. The fraction of sp³-hybridized carbons (Fsp3) is 0.462. The van der Waals surface area contributed by atoms with E-state index in [1.807, 2.05) is 6.92 Å². The van der Waals surface area contributed by atoms with Gasteiger partial charge in [-0.3, -0.25) is 0 Å². The van der Waals surface area contributed by atoms with Crippen molar-refractivity contribution in [3.63, 3.8) is 0 Å². The van der Waals surface area contributed by atoms with Crippen molar-refractivity contribution in [2.75, 3.05) is 13.7 Å². The summed E-state index contributed by atoms with van der Waals surface area (Å²) in [7, 11) is 1.52. The highest BCUT2D eigenvalue weighted by atomic mass is 16.7. The van der Waals surface area contributed by atoms with Crippen molar-refractivity contribution < 1.29 is 19.3 Å². The molecule has 1 aliphatic heterocycles. The second kappa shape index (κ2) is 5.15. The maximum Gasteiger partial charge on any atom is 0.208 e. The van der Waals surface area contributed by atoms with E-state index in [0.29, 0.717) is 23.7 Å². The third-order valence-electron chi connectivity index (χ3n) is 2.91. The van der Waals surface area contributed by atoms with Crippen LogP contribution in [0.4, 0.5) is 0 Å². The van der Waals surface area contributed by atoms with E-state index in [1.54, 1.807) is 6.07 Å². The van der Waals surface area contributed by atoms with Gasteiger partial charge in [-0.25, -0.2) is 0 Å². The largest absolute Gasteiger partial charge is 0.507 e. The van der Waals surface area contributed by atoms with Gasteiger partial charge in [0.2, 0.25) is 6.29 Å². The molecule has 96 valence electrons. The number of nitrogens with zero attached hydrogens (tertiary/aromatic N) is 1. The summed E-state index contributed by atoms with van der Waals surface area (Å²) >= 11 is 0. The second-order valence-corrected chi connectivity index (χ2v) is 3.97. The standard InChI is InChI=1S/C13H15NO4/c1-3-17-13-9(4-5-14)12-10(15)6-8(16-2)7-11(12)18-13/h6-7,9,13,15H,3-4H2,1-2H3/t9-,13?/m1/s1. The van der Waals surface area contributed by atoms with Crippen LogP contribution in [0.1, 0.15) is 24.8 Å². The molecule has 1 aliphatic rings. The van der Waals surface area contributed by atoms with Gasteiger partial charge in [0.25, 0.3) is 0 Å². The molecule has 0 aromatic heterocycles. The van der Waals surface area contributed by atoms with E-state index in [0.717, 1.165) is 0 Å². The maximum atomic E-state index is 10.0. The lowest BCUT2D eigenvalue weighted by Crippen LogP contribution is -2.22. The third-order valence-corrected chi connectivity index (χ3v) is 2.91. The molecule has 2 atom stereocenters. The molecule has 1 heterocycles. The van der Waals surface area contributed by atoms with Gasteiger partial charge in [0.1, 0.15) is 17.2 Å². The molecule has 1 N–H and O–H groups in total. The lowest BCUT2D eigenvalue weighted by atomic mass is 9.96. The highest BCUT2D eigenvalue weighted by Crippen LogP contribution is 2.47. The topological polar surface area (TPSA) is 71.7 Å². The predicted octanol–water partition coefficient (Wildman–Crippen LogP) is 2.15. The average molecular weight is 249 g/mol. The van der Waals surface area contributed by atoms with Crippen molar-refractivity contribution in [1.82, 2.24) is 0 Å². The molecule has 1 aromatic carbocycles. The van der Waals surface area contributed by atoms with Crippen molar-refractivity contribution in [1.29, 1.82) is 5.26 Å². The Hall–Kier alpha value is -1.93. The van der Waals surface area contributed by atoms with Crippen LogP contribution in [0.15, 0.2) is 12.1 Å². The van der Waals surface area contributed by atoms with E-state index < -0.39 is 6.29 Å². The molecule has 0 amide bonds. The first-order valence-corrected chi connectivity index (χ1v) is 5.77. The Kier molecular flexibility index (Phi) is 3.58. The van der Waals surface area contributed by atoms with E-state index in [1.165, 1.54) is 13.2 Å². The molecule has 0 fully saturated rings. The summed E-state index contributed by atoms with van der Waals surface area (Å²) in [6, 6.07) is 5.30. The number of fused-ring (bicyclic) bond motifs is 1. The fourth-order valence-corrected chi connectivity index (χ4v) is 2.13. The van der Waals surface area contributed by atoms with E-state index in [4.69, 9.17) is 19.5 Å². The van der Waals surface area contributed by atoms with Gasteiger partial charge in [-0.1, -0.05) is 0 Å². The molecule has 18 heavy (non-hydrogen) atoms. The Bertz CT molecular complexity index is 481. The van der Waals surface area contributed by atoms with Gasteiger partial charge in [-0.15, -0.1) is 0 Å². The number of benzene rings is 1. The molecule has 0 spiro atoms. The molecule has 0 bridgehead atoms. The Labute approximate surface area is 106 Å². The summed E-state index contributed by atoms with van der Waals surface area (Å²) in [4.78, 5) is 0. The number of phenolic OH excluding ortho intramolecular Hbond substituents is 1. The zero-order chi connectivity index (χ0) is 13.1. The SMILES string of the molecule is CCOC1Oc2cc(OC)cc(O)c2[C@H]1CC#N. The van der Waals surface area contributed by atoms with Gasteiger partial charge >= 0.3 is 0 Å². The van der Waals surface area contributed by atoms with E-state index in [-0.39, 0.29) is 18.1 Å². The van der Waals surface area contributed by atoms with Crippen molar-refractivity contribution in [3.8, 4) is 23.3 Å². The number of hydrogen-bond acceptors (Lipinski definition) is 5. The van der Waals surface area contributed by atoms with Crippen LogP contribution in [0.3, 0.4) is 0 Å². The lowest BCUT2D eigenvalue weighted by molar-refractivity contribution is -0.0757. The van der Waals surface area contributed by atoms with Crippen LogP contribution in [0.5, 0.6) is 17.2 Å². The van der Waals surface area contributed by atoms with Crippen LogP contribution in [-0.2, 0) is 4.74 Å². The Balaban J connectivity index is 2.39. The minimum atomic E-state index is -0.525. The summed E-state index contributed by atoms with van der Waals surface area (Å²) in [6.07, 6.45) is -0.292. The normalized spacial score (nSPS) is 20.9. The van der Waals surface area contributed by atoms with Gasteiger partial charge in [0.15, 0.2) is 0 Å². The molecule has 0 radical (unpaired) electrons. The number of rotatable bonds is 4. The number of methoxy groups -OCH3 is 1. The van der Waals surface area contributed by atoms with Crippen LogP contribution in [0.25, 0.3) is 0 Å². The van der Waals surface area contributed by atoms with Gasteiger partial charge in [0.05, 0.1) is 19.1 Å². The van der Waals surface area contributed by atoms with Crippen molar-refractivity contribution in [2.24, 2.45) is 0 Å². The Morgan fingerprint density at radius 3 is 2.89 bits per heavy atom. The molecule has 5 nitrogen and oxygen atoms in total. The van der Waals surface area contributed by atoms with E-state index in [2.05, 4.69) is 6.07 Å². The molecular formula is C13H15NO4. The third kappa shape index (κ3) is 2.07. The molecule has 1 unspecified atom stereocenters. The van der Waals surface area contributed by atoms with Crippen molar-refractivity contribution in [3.05, 3.63) is 17.7 Å². The molecule has 1 aromatic rings. The minimum Gasteiger partial charge on any atom is -0.507 e. The summed E-state index contributed by atoms with van der Waals surface area (Å²) in [5.74, 6) is 0.840. The number of nitriles is 1. The number of hydrogen-bond donors (Lipinski definition) is 1. The first kappa shape index (κ1) is 12.5. The Morgan fingerprint density at radius 1 is 1.50 bits per heavy atom. The smallest absolute Gasteiger partial charge is 0.208 e. The van der Waals surface area contributed by atoms with Gasteiger partial charge < -0.3 is 19.3 Å². The highest BCUT2D eigenvalue weighted by molar-refractivity contribution is 5.54. The summed E-state index contributed by atoms with van der Waals surface area (Å²) in [5.41, 5.74) is 0.621. The molecule has 2 rings (SSSR count). The van der Waals surface area contributed by atoms with Gasteiger partial charge in [0, 0.05) is 30.7 Å². The first-order chi connectivity index (χ1) is 8.71. The second-order valence-electron chi connectivity index (χ2n) is 3.97. The molecular weight excluding hydrogens is 234 g/mol. The summed E-state index contributed by atoms with van der Waals surface area (Å²) in [5, 5.41) is 18.9. The zero-order valence-electron chi connectivity index (χ0n) is 10.3. The molecule has 0 saturated carbocycles. The number of phenols is 1. The summed E-state index contributed by atoms with van der Waals surface area (Å²) < 4.78 is 16.1. The van der Waals surface area contributed by atoms with Crippen LogP contribution < -0.4 is 9.47 Å². The quantitative estimate of drug-likeness (QED) is 0.885. The fourth-order valence-electron chi connectivity index (χ4n) is 2.13.